The van der Waals surface area contributed by atoms with Crippen molar-refractivity contribution in [1.29, 1.82) is 0 Å². The molecule has 2 heterocycles. The van der Waals surface area contributed by atoms with Crippen LogP contribution >= 0.6 is 34.8 Å². The first kappa shape index (κ1) is 44.1. The standard InChI is InChI=1S/C39H33Cl3F3N9O7/c1-59-34(58)28(14-17-46-32(56)33(57)48-26-11-13-30(47-19-26)61-29-12-8-24(41)18-27(29)42)50-31(55)21-2-9-25(10-3-21)49-35-51-36(53-37(52-35)60-20-39(43,44)45)54-38(15-16-38)22-4-6-23(40)7-5-22/h2-13,18-19,28H,14-17,20H2,1H3,(H,46,56)(H,48,57)(H,50,55)(H2,49,51,52,53,54)/t28-/m1/s1. The Bertz CT molecular complexity index is 2390. The number of rotatable bonds is 16. The molecule has 318 valence electrons. The molecule has 16 nitrogen and oxygen atoms in total. The van der Waals surface area contributed by atoms with Crippen molar-refractivity contribution in [2.45, 2.75) is 37.0 Å². The van der Waals surface area contributed by atoms with Gasteiger partial charge in [-0.15, -0.1) is 0 Å². The van der Waals surface area contributed by atoms with Crippen molar-refractivity contribution in [2.24, 2.45) is 0 Å². The number of benzene rings is 3. The zero-order valence-corrected chi connectivity index (χ0v) is 33.9. The number of amides is 3. The van der Waals surface area contributed by atoms with E-state index in [9.17, 15) is 32.3 Å². The second-order valence-electron chi connectivity index (χ2n) is 13.2. The molecule has 3 aromatic carbocycles. The molecule has 1 aliphatic rings. The summed E-state index contributed by atoms with van der Waals surface area (Å²) in [7, 11) is 1.12. The van der Waals surface area contributed by atoms with Gasteiger partial charge in [0.25, 0.3) is 5.91 Å². The summed E-state index contributed by atoms with van der Waals surface area (Å²) in [6.45, 7) is -1.84. The van der Waals surface area contributed by atoms with E-state index < -0.39 is 54.1 Å². The molecule has 0 spiro atoms. The molecule has 1 aliphatic carbocycles. The normalized spacial score (nSPS) is 13.2. The number of nitrogens with zero attached hydrogens (tertiary/aromatic N) is 4. The second kappa shape index (κ2) is 19.3. The monoisotopic (exact) mass is 901 g/mol. The smallest absolute Gasteiger partial charge is 0.422 e. The average Bonchev–Trinajstić information content (AvgIpc) is 4.01. The van der Waals surface area contributed by atoms with Gasteiger partial charge in [0.15, 0.2) is 6.61 Å². The van der Waals surface area contributed by atoms with E-state index in [1.165, 1.54) is 48.7 Å². The fourth-order valence-corrected chi connectivity index (χ4v) is 6.10. The van der Waals surface area contributed by atoms with Crippen molar-refractivity contribution in [1.82, 2.24) is 30.6 Å². The number of hydrogen-bond donors (Lipinski definition) is 5. The zero-order valence-electron chi connectivity index (χ0n) is 31.6. The van der Waals surface area contributed by atoms with Crippen LogP contribution in [0.2, 0.25) is 15.1 Å². The number of alkyl halides is 3. The Kier molecular flexibility index (Phi) is 14.0. The summed E-state index contributed by atoms with van der Waals surface area (Å²) in [4.78, 5) is 67.1. The van der Waals surface area contributed by atoms with Gasteiger partial charge >= 0.3 is 30.0 Å². The summed E-state index contributed by atoms with van der Waals surface area (Å²) in [6.07, 6.45) is -2.14. The first-order valence-electron chi connectivity index (χ1n) is 18.0. The van der Waals surface area contributed by atoms with Crippen LogP contribution < -0.4 is 36.1 Å². The Morgan fingerprint density at radius 2 is 1.52 bits per heavy atom. The van der Waals surface area contributed by atoms with Crippen molar-refractivity contribution in [2.75, 3.05) is 36.2 Å². The first-order valence-corrected chi connectivity index (χ1v) is 19.2. The van der Waals surface area contributed by atoms with Crippen LogP contribution in [0, 0.1) is 0 Å². The van der Waals surface area contributed by atoms with E-state index in [1.807, 2.05) is 12.1 Å². The lowest BCUT2D eigenvalue weighted by Crippen LogP contribution is -2.44. The Balaban J connectivity index is 1.02. The highest BCUT2D eigenvalue weighted by atomic mass is 35.5. The zero-order chi connectivity index (χ0) is 43.7. The Hall–Kier alpha value is -6.44. The summed E-state index contributed by atoms with van der Waals surface area (Å²) in [5.74, 6) is -3.28. The third-order valence-electron chi connectivity index (χ3n) is 8.70. The topological polar surface area (TPSA) is 208 Å². The third-order valence-corrected chi connectivity index (χ3v) is 9.48. The number of carbonyl (C=O) groups excluding carboxylic acids is 4. The van der Waals surface area contributed by atoms with Gasteiger partial charge in [0.1, 0.15) is 11.8 Å². The van der Waals surface area contributed by atoms with Crippen molar-refractivity contribution >= 4 is 81.8 Å². The quantitative estimate of drug-likeness (QED) is 0.0490. The fourth-order valence-electron chi connectivity index (χ4n) is 5.52. The largest absolute Gasteiger partial charge is 0.467 e. The van der Waals surface area contributed by atoms with E-state index in [1.54, 1.807) is 24.3 Å². The minimum absolute atomic E-state index is 0.0422. The van der Waals surface area contributed by atoms with Crippen LogP contribution in [-0.2, 0) is 24.7 Å². The van der Waals surface area contributed by atoms with Crippen LogP contribution in [-0.4, -0.2) is 76.1 Å². The lowest BCUT2D eigenvalue weighted by atomic mass is 10.1. The maximum atomic E-state index is 13.2. The van der Waals surface area contributed by atoms with Gasteiger partial charge in [0, 0.05) is 33.9 Å². The van der Waals surface area contributed by atoms with Crippen LogP contribution in [0.15, 0.2) is 85.1 Å². The Morgan fingerprint density at radius 3 is 2.16 bits per heavy atom. The van der Waals surface area contributed by atoms with E-state index in [2.05, 4.69) is 46.5 Å². The molecule has 0 radical (unpaired) electrons. The molecular weight excluding hydrogens is 870 g/mol. The average molecular weight is 903 g/mol. The van der Waals surface area contributed by atoms with Gasteiger partial charge in [-0.2, -0.15) is 28.1 Å². The molecule has 6 rings (SSSR count). The highest BCUT2D eigenvalue weighted by Crippen LogP contribution is 2.48. The molecule has 0 unspecified atom stereocenters. The highest BCUT2D eigenvalue weighted by Gasteiger charge is 2.45. The molecule has 1 atom stereocenters. The highest BCUT2D eigenvalue weighted by molar-refractivity contribution is 6.39. The molecular formula is C39H33Cl3F3N9O7. The van der Waals surface area contributed by atoms with Crippen molar-refractivity contribution in [3.8, 4) is 17.6 Å². The predicted molar refractivity (Wildman–Crippen MR) is 217 cm³/mol. The number of anilines is 4. The molecule has 0 bridgehead atoms. The lowest BCUT2D eigenvalue weighted by Gasteiger charge is -2.19. The molecule has 2 aromatic heterocycles. The number of methoxy groups -OCH3 is 1. The fraction of sp³-hybridized carbons (Fsp3) is 0.231. The number of ether oxygens (including phenoxy) is 3. The maximum absolute atomic E-state index is 13.2. The molecule has 5 N–H and O–H groups in total. The summed E-state index contributed by atoms with van der Waals surface area (Å²) in [6, 6.07) is 18.6. The summed E-state index contributed by atoms with van der Waals surface area (Å²) in [5.41, 5.74) is 0.937. The Labute approximate surface area is 359 Å². The van der Waals surface area contributed by atoms with E-state index in [0.29, 0.717) is 34.3 Å². The van der Waals surface area contributed by atoms with E-state index in [4.69, 9.17) is 49.0 Å². The lowest BCUT2D eigenvalue weighted by molar-refractivity contribution is -0.154. The number of aromatic nitrogens is 4. The van der Waals surface area contributed by atoms with Gasteiger partial charge in [-0.25, -0.2) is 9.78 Å². The van der Waals surface area contributed by atoms with Crippen molar-refractivity contribution in [3.63, 3.8) is 0 Å². The van der Waals surface area contributed by atoms with Gasteiger partial charge in [-0.3, -0.25) is 14.4 Å². The Morgan fingerprint density at radius 1 is 0.836 bits per heavy atom. The first-order chi connectivity index (χ1) is 29.1. The molecule has 0 saturated heterocycles. The summed E-state index contributed by atoms with van der Waals surface area (Å²) in [5, 5.41) is 14.6. The van der Waals surface area contributed by atoms with Gasteiger partial charge in [0.2, 0.25) is 17.8 Å². The number of hydrogen-bond acceptors (Lipinski definition) is 13. The van der Waals surface area contributed by atoms with Crippen LogP contribution in [0.1, 0.15) is 35.2 Å². The number of nitrogens with one attached hydrogen (secondary N) is 5. The molecule has 22 heteroatoms. The van der Waals surface area contributed by atoms with Crippen molar-refractivity contribution < 1.29 is 46.6 Å². The molecule has 0 aliphatic heterocycles. The number of pyridine rings is 1. The SMILES string of the molecule is COC(=O)[C@@H](CCNC(=O)C(=O)Nc1ccc(Oc2ccc(Cl)cc2Cl)nc1)NC(=O)c1ccc(Nc2nc(NC3(c4ccc(Cl)cc4)CC3)nc(OCC(F)(F)F)n2)cc1. The summed E-state index contributed by atoms with van der Waals surface area (Å²) >= 11 is 18.0. The molecule has 1 saturated carbocycles. The predicted octanol–water partition coefficient (Wildman–Crippen LogP) is 7.22. The number of halogens is 6. The van der Waals surface area contributed by atoms with Gasteiger partial charge in [0.05, 0.1) is 29.6 Å². The van der Waals surface area contributed by atoms with E-state index in [-0.39, 0.29) is 47.0 Å². The third kappa shape index (κ3) is 12.5. The van der Waals surface area contributed by atoms with Crippen LogP contribution in [0.4, 0.5) is 36.4 Å². The van der Waals surface area contributed by atoms with Crippen LogP contribution in [0.25, 0.3) is 0 Å². The van der Waals surface area contributed by atoms with E-state index >= 15 is 0 Å². The maximum Gasteiger partial charge on any atom is 0.422 e. The van der Waals surface area contributed by atoms with E-state index in [0.717, 1.165) is 12.7 Å². The minimum Gasteiger partial charge on any atom is -0.467 e. The van der Waals surface area contributed by atoms with Crippen LogP contribution in [0.5, 0.6) is 17.6 Å². The van der Waals surface area contributed by atoms with Gasteiger partial charge in [-0.1, -0.05) is 46.9 Å². The minimum atomic E-state index is -4.65. The van der Waals surface area contributed by atoms with Gasteiger partial charge in [-0.05, 0) is 85.5 Å². The molecule has 5 aromatic rings. The second-order valence-corrected chi connectivity index (χ2v) is 14.5. The van der Waals surface area contributed by atoms with Gasteiger partial charge < -0.3 is 40.8 Å². The number of carbonyl (C=O) groups is 4. The van der Waals surface area contributed by atoms with Crippen LogP contribution in [0.3, 0.4) is 0 Å². The molecule has 61 heavy (non-hydrogen) atoms. The number of esters is 1. The van der Waals surface area contributed by atoms with Crippen molar-refractivity contribution in [3.05, 3.63) is 111 Å². The molecule has 3 amide bonds. The molecule has 1 fully saturated rings. The summed E-state index contributed by atoms with van der Waals surface area (Å²) < 4.78 is 54.2.